The Balaban J connectivity index is 1.82. The molecule has 0 amide bonds. The summed E-state index contributed by atoms with van der Waals surface area (Å²) in [5, 5.41) is 1.08. The third kappa shape index (κ3) is 2.22. The van der Waals surface area contributed by atoms with Gasteiger partial charge < -0.3 is 9.47 Å². The molecule has 2 bridgehead atoms. The number of methoxy groups -OCH3 is 1. The first-order valence-corrected chi connectivity index (χ1v) is 7.55. The van der Waals surface area contributed by atoms with Gasteiger partial charge in [-0.3, -0.25) is 4.98 Å². The molecule has 1 aromatic heterocycles. The van der Waals surface area contributed by atoms with E-state index in [9.17, 15) is 0 Å². The summed E-state index contributed by atoms with van der Waals surface area (Å²) in [6.07, 6.45) is 6.37. The fourth-order valence-electron chi connectivity index (χ4n) is 3.45. The second-order valence-electron chi connectivity index (χ2n) is 5.97. The molecule has 0 spiro atoms. The van der Waals surface area contributed by atoms with Gasteiger partial charge in [-0.2, -0.15) is 0 Å². The molecule has 2 aliphatic heterocycles. The lowest BCUT2D eigenvalue weighted by Gasteiger charge is -2.21. The maximum absolute atomic E-state index is 5.88. The second-order valence-corrected chi connectivity index (χ2v) is 5.97. The van der Waals surface area contributed by atoms with Crippen LogP contribution in [0, 0.1) is 6.92 Å². The molecule has 3 nitrogen and oxygen atoms in total. The van der Waals surface area contributed by atoms with Crippen LogP contribution in [0.2, 0.25) is 0 Å². The van der Waals surface area contributed by atoms with Gasteiger partial charge in [0.1, 0.15) is 5.75 Å². The number of nitrogens with zero attached hydrogens (tertiary/aromatic N) is 1. The first-order valence-electron chi connectivity index (χ1n) is 7.55. The summed E-state index contributed by atoms with van der Waals surface area (Å²) in [6, 6.07) is 8.47. The minimum Gasteiger partial charge on any atom is -0.496 e. The number of ether oxygens (including phenoxy) is 2. The molecule has 3 heteroatoms. The van der Waals surface area contributed by atoms with Crippen LogP contribution in [-0.4, -0.2) is 24.3 Å². The Bertz CT molecular complexity index is 735. The van der Waals surface area contributed by atoms with Gasteiger partial charge in [-0.25, -0.2) is 0 Å². The predicted molar refractivity (Wildman–Crippen MR) is 83.5 cm³/mol. The molecule has 1 fully saturated rings. The third-order valence-corrected chi connectivity index (χ3v) is 4.46. The molecule has 0 radical (unpaired) electrons. The largest absolute Gasteiger partial charge is 0.496 e. The number of pyridine rings is 1. The van der Waals surface area contributed by atoms with Gasteiger partial charge in [-0.1, -0.05) is 12.1 Å². The third-order valence-electron chi connectivity index (χ3n) is 4.46. The van der Waals surface area contributed by atoms with E-state index in [2.05, 4.69) is 29.3 Å². The van der Waals surface area contributed by atoms with Crippen molar-refractivity contribution in [1.82, 2.24) is 4.98 Å². The van der Waals surface area contributed by atoms with Crippen LogP contribution in [0.15, 0.2) is 30.3 Å². The lowest BCUT2D eigenvalue weighted by atomic mass is 9.96. The van der Waals surface area contributed by atoms with Crippen molar-refractivity contribution in [3.05, 3.63) is 41.6 Å². The van der Waals surface area contributed by atoms with Crippen molar-refractivity contribution in [2.75, 3.05) is 7.11 Å². The predicted octanol–water partition coefficient (Wildman–Crippen LogP) is 3.89. The van der Waals surface area contributed by atoms with Crippen molar-refractivity contribution in [1.29, 1.82) is 0 Å². The fourth-order valence-corrected chi connectivity index (χ4v) is 3.45. The van der Waals surface area contributed by atoms with Crippen molar-refractivity contribution >= 4 is 16.5 Å². The quantitative estimate of drug-likeness (QED) is 0.837. The number of hydrogen-bond acceptors (Lipinski definition) is 3. The molecule has 0 aliphatic carbocycles. The molecule has 108 valence electrons. The van der Waals surface area contributed by atoms with E-state index in [1.807, 2.05) is 13.0 Å². The van der Waals surface area contributed by atoms with Crippen LogP contribution in [0.4, 0.5) is 0 Å². The molecule has 3 heterocycles. The Morgan fingerprint density at radius 3 is 2.95 bits per heavy atom. The van der Waals surface area contributed by atoms with Gasteiger partial charge in [0.25, 0.3) is 0 Å². The zero-order chi connectivity index (χ0) is 14.4. The van der Waals surface area contributed by atoms with Gasteiger partial charge in [-0.15, -0.1) is 0 Å². The average molecular weight is 281 g/mol. The van der Waals surface area contributed by atoms with Crippen molar-refractivity contribution in [3.63, 3.8) is 0 Å². The highest BCUT2D eigenvalue weighted by molar-refractivity contribution is 5.89. The first kappa shape index (κ1) is 12.8. The lowest BCUT2D eigenvalue weighted by Crippen LogP contribution is -2.15. The van der Waals surface area contributed by atoms with Gasteiger partial charge in [0.2, 0.25) is 0 Å². The number of hydrogen-bond donors (Lipinski definition) is 0. The van der Waals surface area contributed by atoms with E-state index in [4.69, 9.17) is 9.47 Å². The van der Waals surface area contributed by atoms with E-state index < -0.39 is 0 Å². The second kappa shape index (κ2) is 4.85. The van der Waals surface area contributed by atoms with E-state index in [0.29, 0.717) is 12.2 Å². The van der Waals surface area contributed by atoms with Crippen LogP contribution in [0.3, 0.4) is 0 Å². The number of aromatic nitrogens is 1. The SMILES string of the molecule is COc1cc(C)nc2ccc(C3=CC4CCC(C3)O4)cc12. The molecule has 2 aliphatic rings. The molecule has 0 saturated carbocycles. The van der Waals surface area contributed by atoms with Crippen LogP contribution in [0.25, 0.3) is 16.5 Å². The standard InChI is InChI=1S/C18H19NO2/c1-11-7-18(20-2)16-10-12(3-6-17(16)19-11)13-8-14-4-5-15(9-13)21-14/h3,6-8,10,14-15H,4-5,9H2,1-2H3. The molecule has 1 aromatic carbocycles. The Hall–Kier alpha value is -1.87. The highest BCUT2D eigenvalue weighted by Crippen LogP contribution is 2.37. The number of fused-ring (bicyclic) bond motifs is 3. The van der Waals surface area contributed by atoms with Crippen molar-refractivity contribution in [2.24, 2.45) is 0 Å². The normalized spacial score (nSPS) is 24.2. The summed E-state index contributed by atoms with van der Waals surface area (Å²) in [7, 11) is 1.72. The Kier molecular flexibility index (Phi) is 2.96. The monoisotopic (exact) mass is 281 g/mol. The van der Waals surface area contributed by atoms with Crippen molar-refractivity contribution in [2.45, 2.75) is 38.4 Å². The topological polar surface area (TPSA) is 31.4 Å². The summed E-state index contributed by atoms with van der Waals surface area (Å²) in [5.41, 5.74) is 4.64. The highest BCUT2D eigenvalue weighted by atomic mass is 16.5. The summed E-state index contributed by atoms with van der Waals surface area (Å²) < 4.78 is 11.4. The summed E-state index contributed by atoms with van der Waals surface area (Å²) >= 11 is 0. The van der Waals surface area contributed by atoms with Crippen LogP contribution in [0.5, 0.6) is 5.75 Å². The number of benzene rings is 1. The van der Waals surface area contributed by atoms with Crippen molar-refractivity contribution in [3.8, 4) is 5.75 Å². The molecule has 1 saturated heterocycles. The van der Waals surface area contributed by atoms with E-state index in [0.717, 1.165) is 35.2 Å². The summed E-state index contributed by atoms with van der Waals surface area (Å²) in [6.45, 7) is 1.99. The van der Waals surface area contributed by atoms with Crippen LogP contribution >= 0.6 is 0 Å². The zero-order valence-electron chi connectivity index (χ0n) is 12.4. The molecule has 2 unspecified atom stereocenters. The first-order chi connectivity index (χ1) is 10.2. The lowest BCUT2D eigenvalue weighted by molar-refractivity contribution is 0.0671. The minimum atomic E-state index is 0.312. The van der Waals surface area contributed by atoms with Crippen molar-refractivity contribution < 1.29 is 9.47 Å². The number of aryl methyl sites for hydroxylation is 1. The molecule has 21 heavy (non-hydrogen) atoms. The highest BCUT2D eigenvalue weighted by Gasteiger charge is 2.29. The smallest absolute Gasteiger partial charge is 0.130 e. The summed E-state index contributed by atoms with van der Waals surface area (Å²) in [5.74, 6) is 0.898. The Morgan fingerprint density at radius 2 is 2.14 bits per heavy atom. The Labute approximate surface area is 124 Å². The molecular weight excluding hydrogens is 262 g/mol. The van der Waals surface area contributed by atoms with Crippen LogP contribution in [-0.2, 0) is 4.74 Å². The van der Waals surface area contributed by atoms with E-state index in [-0.39, 0.29) is 0 Å². The van der Waals surface area contributed by atoms with E-state index in [1.54, 1.807) is 7.11 Å². The molecule has 2 atom stereocenters. The maximum Gasteiger partial charge on any atom is 0.130 e. The average Bonchev–Trinajstić information content (AvgIpc) is 2.84. The fraction of sp³-hybridized carbons (Fsp3) is 0.389. The van der Waals surface area contributed by atoms with Crippen LogP contribution in [0.1, 0.15) is 30.5 Å². The van der Waals surface area contributed by atoms with Gasteiger partial charge in [0.15, 0.2) is 0 Å². The van der Waals surface area contributed by atoms with Gasteiger partial charge in [0.05, 0.1) is 24.8 Å². The van der Waals surface area contributed by atoms with Crippen LogP contribution < -0.4 is 4.74 Å². The molecule has 2 aromatic rings. The minimum absolute atomic E-state index is 0.312. The van der Waals surface area contributed by atoms with Gasteiger partial charge in [-0.05, 0) is 49.5 Å². The molecular formula is C18H19NO2. The van der Waals surface area contributed by atoms with E-state index in [1.165, 1.54) is 17.6 Å². The zero-order valence-corrected chi connectivity index (χ0v) is 12.4. The van der Waals surface area contributed by atoms with Gasteiger partial charge in [0, 0.05) is 17.1 Å². The number of rotatable bonds is 2. The Morgan fingerprint density at radius 1 is 1.24 bits per heavy atom. The molecule has 0 N–H and O–H groups in total. The van der Waals surface area contributed by atoms with Gasteiger partial charge >= 0.3 is 0 Å². The molecule has 4 rings (SSSR count). The summed E-state index contributed by atoms with van der Waals surface area (Å²) in [4.78, 5) is 4.59. The maximum atomic E-state index is 5.88. The van der Waals surface area contributed by atoms with E-state index >= 15 is 0 Å².